The minimum atomic E-state index is -1.15. The number of carboxylic acid groups (broad SMARTS) is 1. The minimum absolute atomic E-state index is 0.0152. The van der Waals surface area contributed by atoms with Crippen LogP contribution in [0.5, 0.6) is 0 Å². The van der Waals surface area contributed by atoms with E-state index in [0.29, 0.717) is 26.2 Å². The van der Waals surface area contributed by atoms with E-state index in [4.69, 9.17) is 14.9 Å². The zero-order valence-electron chi connectivity index (χ0n) is 9.86. The average molecular weight is 257 g/mol. The molecule has 0 spiro atoms. The van der Waals surface area contributed by atoms with E-state index >= 15 is 0 Å². The molecule has 5 nitrogen and oxygen atoms in total. The van der Waals surface area contributed by atoms with Crippen molar-refractivity contribution < 1.29 is 24.1 Å². The van der Waals surface area contributed by atoms with Crippen LogP contribution in [0.15, 0.2) is 18.2 Å². The molecule has 100 valence electrons. The molecule has 1 rings (SSSR count). The van der Waals surface area contributed by atoms with Gasteiger partial charge in [0.1, 0.15) is 5.82 Å². The van der Waals surface area contributed by atoms with Gasteiger partial charge in [-0.15, -0.1) is 0 Å². The van der Waals surface area contributed by atoms with Crippen molar-refractivity contribution >= 4 is 11.7 Å². The first kappa shape index (κ1) is 14.4. The second-order valence-corrected chi connectivity index (χ2v) is 3.62. The van der Waals surface area contributed by atoms with Crippen LogP contribution >= 0.6 is 0 Å². The second-order valence-electron chi connectivity index (χ2n) is 3.62. The lowest BCUT2D eigenvalue weighted by Gasteiger charge is -2.08. The van der Waals surface area contributed by atoms with E-state index in [1.165, 1.54) is 12.1 Å². The van der Waals surface area contributed by atoms with Crippen molar-refractivity contribution in [1.82, 2.24) is 0 Å². The monoisotopic (exact) mass is 257 g/mol. The lowest BCUT2D eigenvalue weighted by atomic mass is 10.2. The van der Waals surface area contributed by atoms with Crippen LogP contribution in [-0.2, 0) is 4.74 Å². The van der Waals surface area contributed by atoms with Crippen LogP contribution in [0, 0.1) is 5.82 Å². The summed E-state index contributed by atoms with van der Waals surface area (Å²) in [5.74, 6) is -1.75. The van der Waals surface area contributed by atoms with Gasteiger partial charge in [-0.2, -0.15) is 0 Å². The van der Waals surface area contributed by atoms with E-state index in [9.17, 15) is 9.18 Å². The summed E-state index contributed by atoms with van der Waals surface area (Å²) < 4.78 is 18.5. The predicted molar refractivity (Wildman–Crippen MR) is 64.4 cm³/mol. The third-order valence-corrected chi connectivity index (χ3v) is 2.23. The van der Waals surface area contributed by atoms with Gasteiger partial charge < -0.3 is 20.3 Å². The van der Waals surface area contributed by atoms with E-state index in [0.717, 1.165) is 6.07 Å². The standard InChI is InChI=1S/C12H16FNO4/c13-10-8-9(12(16)17)2-3-11(10)14-4-1-6-18-7-5-15/h2-3,8,14-15H,1,4-7H2,(H,16,17). The molecule has 0 unspecified atom stereocenters. The van der Waals surface area contributed by atoms with Crippen LogP contribution < -0.4 is 5.32 Å². The summed E-state index contributed by atoms with van der Waals surface area (Å²) in [5, 5.41) is 20.0. The van der Waals surface area contributed by atoms with E-state index in [1.54, 1.807) is 0 Å². The quantitative estimate of drug-likeness (QED) is 0.612. The molecule has 0 radical (unpaired) electrons. The normalized spacial score (nSPS) is 10.3. The highest BCUT2D eigenvalue weighted by Gasteiger charge is 2.07. The van der Waals surface area contributed by atoms with Gasteiger partial charge in [-0.25, -0.2) is 9.18 Å². The van der Waals surface area contributed by atoms with Crippen molar-refractivity contribution in [3.63, 3.8) is 0 Å². The number of aromatic carboxylic acids is 1. The largest absolute Gasteiger partial charge is 0.478 e. The van der Waals surface area contributed by atoms with Crippen molar-refractivity contribution in [3.8, 4) is 0 Å². The number of halogens is 1. The zero-order chi connectivity index (χ0) is 13.4. The highest BCUT2D eigenvalue weighted by molar-refractivity contribution is 5.88. The summed E-state index contributed by atoms with van der Waals surface area (Å²) >= 11 is 0. The number of carboxylic acids is 1. The van der Waals surface area contributed by atoms with Gasteiger partial charge in [0, 0.05) is 13.2 Å². The molecule has 0 saturated carbocycles. The van der Waals surface area contributed by atoms with Gasteiger partial charge in [-0.05, 0) is 24.6 Å². The lowest BCUT2D eigenvalue weighted by Crippen LogP contribution is -2.09. The summed E-state index contributed by atoms with van der Waals surface area (Å²) in [7, 11) is 0. The number of ether oxygens (including phenoxy) is 1. The lowest BCUT2D eigenvalue weighted by molar-refractivity contribution is 0.0696. The zero-order valence-corrected chi connectivity index (χ0v) is 9.86. The van der Waals surface area contributed by atoms with Crippen LogP contribution in [0.4, 0.5) is 10.1 Å². The van der Waals surface area contributed by atoms with Gasteiger partial charge >= 0.3 is 5.97 Å². The molecule has 1 aromatic rings. The number of anilines is 1. The Bertz CT molecular complexity index is 398. The minimum Gasteiger partial charge on any atom is -0.478 e. The smallest absolute Gasteiger partial charge is 0.335 e. The van der Waals surface area contributed by atoms with Crippen LogP contribution in [0.2, 0.25) is 0 Å². The molecule has 0 aliphatic rings. The molecular formula is C12H16FNO4. The molecule has 0 atom stereocenters. The van der Waals surface area contributed by atoms with Gasteiger partial charge in [-0.3, -0.25) is 0 Å². The summed E-state index contributed by atoms with van der Waals surface area (Å²) in [5.41, 5.74) is 0.187. The number of aliphatic hydroxyl groups is 1. The molecule has 0 bridgehead atoms. The van der Waals surface area contributed by atoms with Gasteiger partial charge in [0.15, 0.2) is 0 Å². The maximum Gasteiger partial charge on any atom is 0.335 e. The number of hydrogen-bond donors (Lipinski definition) is 3. The molecule has 18 heavy (non-hydrogen) atoms. The molecule has 3 N–H and O–H groups in total. The molecule has 0 heterocycles. The summed E-state index contributed by atoms with van der Waals surface area (Å²) in [6.07, 6.45) is 0.667. The van der Waals surface area contributed by atoms with Crippen molar-refractivity contribution in [2.75, 3.05) is 31.7 Å². The second kappa shape index (κ2) is 7.62. The Balaban J connectivity index is 2.36. The summed E-state index contributed by atoms with van der Waals surface area (Å²) in [4.78, 5) is 10.6. The molecule has 0 saturated heterocycles. The number of carbonyl (C=O) groups is 1. The number of benzene rings is 1. The first-order valence-corrected chi connectivity index (χ1v) is 5.60. The first-order valence-electron chi connectivity index (χ1n) is 5.60. The highest BCUT2D eigenvalue weighted by Crippen LogP contribution is 2.15. The highest BCUT2D eigenvalue weighted by atomic mass is 19.1. The first-order chi connectivity index (χ1) is 8.65. The van der Waals surface area contributed by atoms with Crippen molar-refractivity contribution in [2.45, 2.75) is 6.42 Å². The third kappa shape index (κ3) is 4.68. The number of aliphatic hydroxyl groups excluding tert-OH is 1. The summed E-state index contributed by atoms with van der Waals surface area (Å²) in [6, 6.07) is 3.72. The van der Waals surface area contributed by atoms with E-state index in [1.807, 2.05) is 0 Å². The molecule has 1 aromatic carbocycles. The van der Waals surface area contributed by atoms with Crippen molar-refractivity contribution in [3.05, 3.63) is 29.6 Å². The molecule has 0 aliphatic carbocycles. The number of rotatable bonds is 8. The number of hydrogen-bond acceptors (Lipinski definition) is 4. The van der Waals surface area contributed by atoms with Crippen LogP contribution in [0.25, 0.3) is 0 Å². The SMILES string of the molecule is O=C(O)c1ccc(NCCCOCCO)c(F)c1. The Morgan fingerprint density at radius 3 is 2.78 bits per heavy atom. The Morgan fingerprint density at radius 1 is 1.39 bits per heavy atom. The average Bonchev–Trinajstić information content (AvgIpc) is 2.35. The van der Waals surface area contributed by atoms with E-state index in [-0.39, 0.29) is 17.9 Å². The molecule has 0 aliphatic heterocycles. The topological polar surface area (TPSA) is 78.8 Å². The van der Waals surface area contributed by atoms with Gasteiger partial charge in [0.05, 0.1) is 24.5 Å². The van der Waals surface area contributed by atoms with Gasteiger partial charge in [0.25, 0.3) is 0 Å². The number of nitrogens with one attached hydrogen (secondary N) is 1. The fourth-order valence-corrected chi connectivity index (χ4v) is 1.36. The predicted octanol–water partition coefficient (Wildman–Crippen LogP) is 1.33. The Morgan fingerprint density at radius 2 is 2.17 bits per heavy atom. The Hall–Kier alpha value is -1.66. The fourth-order valence-electron chi connectivity index (χ4n) is 1.36. The van der Waals surface area contributed by atoms with Gasteiger partial charge in [-0.1, -0.05) is 0 Å². The summed E-state index contributed by atoms with van der Waals surface area (Å²) in [6.45, 7) is 1.26. The molecular weight excluding hydrogens is 241 g/mol. The third-order valence-electron chi connectivity index (χ3n) is 2.23. The maximum absolute atomic E-state index is 13.5. The molecule has 0 aromatic heterocycles. The van der Waals surface area contributed by atoms with Crippen molar-refractivity contribution in [2.24, 2.45) is 0 Å². The molecule has 6 heteroatoms. The van der Waals surface area contributed by atoms with Crippen LogP contribution in [0.3, 0.4) is 0 Å². The van der Waals surface area contributed by atoms with Crippen LogP contribution in [0.1, 0.15) is 16.8 Å². The maximum atomic E-state index is 13.5. The Labute approximate surface area is 104 Å². The fraction of sp³-hybridized carbons (Fsp3) is 0.417. The van der Waals surface area contributed by atoms with Crippen molar-refractivity contribution in [1.29, 1.82) is 0 Å². The van der Waals surface area contributed by atoms with Gasteiger partial charge in [0.2, 0.25) is 0 Å². The Kier molecular flexibility index (Phi) is 6.10. The molecule has 0 fully saturated rings. The van der Waals surface area contributed by atoms with Crippen LogP contribution in [-0.4, -0.2) is 42.5 Å². The van der Waals surface area contributed by atoms with E-state index < -0.39 is 11.8 Å². The molecule has 0 amide bonds. The van der Waals surface area contributed by atoms with E-state index in [2.05, 4.69) is 5.32 Å².